The summed E-state index contributed by atoms with van der Waals surface area (Å²) in [5, 5.41) is 9.17. The van der Waals surface area contributed by atoms with Crippen LogP contribution in [0.4, 0.5) is 0 Å². The molecular formula is C9H9Cl2NO3. The molecule has 0 aliphatic carbocycles. The molecule has 0 saturated carbocycles. The van der Waals surface area contributed by atoms with Crippen molar-refractivity contribution < 1.29 is 14.6 Å². The number of rotatable bonds is 4. The highest BCUT2D eigenvalue weighted by molar-refractivity contribution is 6.37. The lowest BCUT2D eigenvalue weighted by atomic mass is 10.3. The van der Waals surface area contributed by atoms with E-state index in [0.29, 0.717) is 10.0 Å². The molecule has 0 amide bonds. The van der Waals surface area contributed by atoms with E-state index >= 15 is 0 Å². The minimum Gasteiger partial charge on any atom is -0.488 e. The van der Waals surface area contributed by atoms with E-state index < -0.39 is 12.0 Å². The number of hydrogen-bond acceptors (Lipinski definition) is 3. The minimum atomic E-state index is -1.14. The SMILES string of the molecule is NC(COc1c(Cl)cccc1Cl)C(=O)O. The maximum atomic E-state index is 10.4. The van der Waals surface area contributed by atoms with Gasteiger partial charge in [-0.15, -0.1) is 0 Å². The van der Waals surface area contributed by atoms with Gasteiger partial charge in [-0.1, -0.05) is 29.3 Å². The first-order valence-corrected chi connectivity index (χ1v) is 4.83. The molecule has 1 unspecified atom stereocenters. The molecule has 1 aromatic rings. The van der Waals surface area contributed by atoms with Crippen molar-refractivity contribution in [1.29, 1.82) is 0 Å². The molecule has 6 heteroatoms. The van der Waals surface area contributed by atoms with Crippen LogP contribution in [0.1, 0.15) is 0 Å². The van der Waals surface area contributed by atoms with Crippen molar-refractivity contribution in [3.8, 4) is 5.75 Å². The molecule has 0 radical (unpaired) electrons. The van der Waals surface area contributed by atoms with Gasteiger partial charge in [0.1, 0.15) is 12.6 Å². The van der Waals surface area contributed by atoms with Crippen molar-refractivity contribution in [3.05, 3.63) is 28.2 Å². The van der Waals surface area contributed by atoms with Crippen LogP contribution >= 0.6 is 23.2 Å². The molecule has 3 N–H and O–H groups in total. The number of hydrogen-bond donors (Lipinski definition) is 2. The second-order valence-corrected chi connectivity index (χ2v) is 3.62. The number of benzene rings is 1. The molecule has 82 valence electrons. The molecule has 0 aromatic heterocycles. The molecule has 0 saturated heterocycles. The number of carboxylic acids is 1. The summed E-state index contributed by atoms with van der Waals surface area (Å²) in [6, 6.07) is 3.75. The predicted molar refractivity (Wildman–Crippen MR) is 57.6 cm³/mol. The van der Waals surface area contributed by atoms with Gasteiger partial charge in [-0.25, -0.2) is 0 Å². The molecule has 15 heavy (non-hydrogen) atoms. The van der Waals surface area contributed by atoms with E-state index in [1.807, 2.05) is 0 Å². The molecule has 0 spiro atoms. The zero-order valence-electron chi connectivity index (χ0n) is 7.61. The number of carbonyl (C=O) groups is 1. The van der Waals surface area contributed by atoms with Gasteiger partial charge in [-0.2, -0.15) is 0 Å². The Morgan fingerprint density at radius 1 is 1.47 bits per heavy atom. The van der Waals surface area contributed by atoms with E-state index in [-0.39, 0.29) is 12.4 Å². The zero-order chi connectivity index (χ0) is 11.4. The third-order valence-electron chi connectivity index (χ3n) is 1.64. The van der Waals surface area contributed by atoms with Gasteiger partial charge < -0.3 is 15.6 Å². The van der Waals surface area contributed by atoms with Crippen LogP contribution in [0.25, 0.3) is 0 Å². The summed E-state index contributed by atoms with van der Waals surface area (Å²) >= 11 is 11.6. The lowest BCUT2D eigenvalue weighted by Gasteiger charge is -2.11. The standard InChI is InChI=1S/C9H9Cl2NO3/c10-5-2-1-3-6(11)8(5)15-4-7(12)9(13)14/h1-3,7H,4,12H2,(H,13,14). The van der Waals surface area contributed by atoms with Crippen molar-refractivity contribution >= 4 is 29.2 Å². The first-order valence-electron chi connectivity index (χ1n) is 4.07. The molecule has 0 heterocycles. The largest absolute Gasteiger partial charge is 0.488 e. The van der Waals surface area contributed by atoms with Gasteiger partial charge in [0.05, 0.1) is 10.0 Å². The van der Waals surface area contributed by atoms with Gasteiger partial charge in [-0.3, -0.25) is 4.79 Å². The Morgan fingerprint density at radius 2 is 2.00 bits per heavy atom. The highest BCUT2D eigenvalue weighted by Gasteiger charge is 2.14. The summed E-state index contributed by atoms with van der Waals surface area (Å²) in [5.74, 6) is -0.893. The Balaban J connectivity index is 2.69. The van der Waals surface area contributed by atoms with Gasteiger partial charge in [0.15, 0.2) is 5.75 Å². The van der Waals surface area contributed by atoms with Crippen LogP contribution in [0.3, 0.4) is 0 Å². The average Bonchev–Trinajstić information content (AvgIpc) is 2.16. The smallest absolute Gasteiger partial charge is 0.324 e. The first-order chi connectivity index (χ1) is 7.02. The number of halogens is 2. The highest BCUT2D eigenvalue weighted by Crippen LogP contribution is 2.32. The average molecular weight is 250 g/mol. The number of carboxylic acid groups (broad SMARTS) is 1. The van der Waals surface area contributed by atoms with Gasteiger partial charge in [-0.05, 0) is 12.1 Å². The number of para-hydroxylation sites is 1. The van der Waals surface area contributed by atoms with Crippen LogP contribution in [-0.2, 0) is 4.79 Å². The third kappa shape index (κ3) is 3.27. The Hall–Kier alpha value is -0.970. The minimum absolute atomic E-state index is 0.182. The third-order valence-corrected chi connectivity index (χ3v) is 2.24. The first kappa shape index (κ1) is 12.1. The molecule has 0 aliphatic rings. The Labute approximate surface area is 96.5 Å². The molecule has 1 aromatic carbocycles. The van der Waals surface area contributed by atoms with E-state index in [1.54, 1.807) is 18.2 Å². The van der Waals surface area contributed by atoms with Crippen LogP contribution in [0, 0.1) is 0 Å². The van der Waals surface area contributed by atoms with E-state index in [4.69, 9.17) is 38.8 Å². The van der Waals surface area contributed by atoms with E-state index in [1.165, 1.54) is 0 Å². The van der Waals surface area contributed by atoms with Gasteiger partial charge in [0.2, 0.25) is 0 Å². The molecule has 0 fully saturated rings. The summed E-state index contributed by atoms with van der Waals surface area (Å²) in [7, 11) is 0. The number of nitrogens with two attached hydrogens (primary N) is 1. The second-order valence-electron chi connectivity index (χ2n) is 2.81. The predicted octanol–water partition coefficient (Wildman–Crippen LogP) is 1.78. The van der Waals surface area contributed by atoms with Crippen molar-refractivity contribution in [3.63, 3.8) is 0 Å². The maximum absolute atomic E-state index is 10.4. The number of aliphatic carboxylic acids is 1. The molecular weight excluding hydrogens is 241 g/mol. The molecule has 4 nitrogen and oxygen atoms in total. The number of ether oxygens (including phenoxy) is 1. The fourth-order valence-corrected chi connectivity index (χ4v) is 1.37. The van der Waals surface area contributed by atoms with E-state index in [0.717, 1.165) is 0 Å². The summed E-state index contributed by atoms with van der Waals surface area (Å²) in [6.07, 6.45) is 0. The summed E-state index contributed by atoms with van der Waals surface area (Å²) < 4.78 is 5.12. The molecule has 1 atom stereocenters. The van der Waals surface area contributed by atoms with Crippen molar-refractivity contribution in [2.45, 2.75) is 6.04 Å². The maximum Gasteiger partial charge on any atom is 0.324 e. The van der Waals surface area contributed by atoms with E-state index in [9.17, 15) is 4.79 Å². The van der Waals surface area contributed by atoms with E-state index in [2.05, 4.69) is 0 Å². The second kappa shape index (κ2) is 5.21. The Bertz CT molecular complexity index is 350. The topological polar surface area (TPSA) is 72.5 Å². The quantitative estimate of drug-likeness (QED) is 0.854. The normalized spacial score (nSPS) is 12.2. The Kier molecular flexibility index (Phi) is 4.20. The van der Waals surface area contributed by atoms with Crippen LogP contribution in [0.2, 0.25) is 10.0 Å². The fourth-order valence-electron chi connectivity index (χ4n) is 0.865. The van der Waals surface area contributed by atoms with Gasteiger partial charge >= 0.3 is 5.97 Å². The van der Waals surface area contributed by atoms with Crippen LogP contribution in [0.15, 0.2) is 18.2 Å². The van der Waals surface area contributed by atoms with Crippen molar-refractivity contribution in [2.75, 3.05) is 6.61 Å². The van der Waals surface area contributed by atoms with Crippen LogP contribution < -0.4 is 10.5 Å². The van der Waals surface area contributed by atoms with Gasteiger partial charge in [0.25, 0.3) is 0 Å². The highest BCUT2D eigenvalue weighted by atomic mass is 35.5. The monoisotopic (exact) mass is 249 g/mol. The van der Waals surface area contributed by atoms with Crippen LogP contribution in [0.5, 0.6) is 5.75 Å². The Morgan fingerprint density at radius 3 is 2.47 bits per heavy atom. The molecule has 0 bridgehead atoms. The summed E-state index contributed by atoms with van der Waals surface area (Å²) in [5.41, 5.74) is 5.25. The fraction of sp³-hybridized carbons (Fsp3) is 0.222. The van der Waals surface area contributed by atoms with Crippen molar-refractivity contribution in [1.82, 2.24) is 0 Å². The zero-order valence-corrected chi connectivity index (χ0v) is 9.13. The summed E-state index contributed by atoms with van der Waals surface area (Å²) in [4.78, 5) is 10.4. The van der Waals surface area contributed by atoms with Crippen LogP contribution in [-0.4, -0.2) is 23.7 Å². The molecule has 1 rings (SSSR count). The van der Waals surface area contributed by atoms with Crippen molar-refractivity contribution in [2.24, 2.45) is 5.73 Å². The summed E-state index contributed by atoms with van der Waals surface area (Å²) in [6.45, 7) is -0.182. The molecule has 0 aliphatic heterocycles. The van der Waals surface area contributed by atoms with Gasteiger partial charge in [0, 0.05) is 0 Å². The lowest BCUT2D eigenvalue weighted by molar-refractivity contribution is -0.139. The lowest BCUT2D eigenvalue weighted by Crippen LogP contribution is -2.36.